The second-order valence-corrected chi connectivity index (χ2v) is 2.33. The Bertz CT molecular complexity index is 121. The average molecular weight is 130 g/mol. The lowest BCUT2D eigenvalue weighted by Crippen LogP contribution is -2.36. The van der Waals surface area contributed by atoms with E-state index < -0.39 is 6.10 Å². The summed E-state index contributed by atoms with van der Waals surface area (Å²) in [5, 5.41) is 8.82. The van der Waals surface area contributed by atoms with Crippen molar-refractivity contribution in [2.24, 2.45) is 0 Å². The Kier molecular flexibility index (Phi) is 1.83. The highest BCUT2D eigenvalue weighted by molar-refractivity contribution is 5.83. The number of aliphatic hydroxyl groups is 1. The number of ether oxygens (including phenoxy) is 1. The summed E-state index contributed by atoms with van der Waals surface area (Å²) in [6.45, 7) is 1.99. The molecule has 9 heavy (non-hydrogen) atoms. The van der Waals surface area contributed by atoms with E-state index >= 15 is 0 Å². The molecular weight excluding hydrogens is 120 g/mol. The van der Waals surface area contributed by atoms with Crippen LogP contribution in [0.5, 0.6) is 0 Å². The maximum atomic E-state index is 10.7. The lowest BCUT2D eigenvalue weighted by Gasteiger charge is -2.21. The summed E-state index contributed by atoms with van der Waals surface area (Å²) in [7, 11) is 0. The quantitative estimate of drug-likeness (QED) is 0.490. The minimum Gasteiger partial charge on any atom is -0.383 e. The van der Waals surface area contributed by atoms with Gasteiger partial charge in [0.15, 0.2) is 5.78 Å². The van der Waals surface area contributed by atoms with Gasteiger partial charge in [-0.05, 0) is 6.92 Å². The number of hydrogen-bond acceptors (Lipinski definition) is 3. The van der Waals surface area contributed by atoms with Gasteiger partial charge in [0.1, 0.15) is 6.10 Å². The number of rotatable bonds is 0. The second kappa shape index (κ2) is 2.45. The maximum Gasteiger partial charge on any atom is 0.166 e. The number of aliphatic hydroxyl groups excluding tert-OH is 1. The fraction of sp³-hybridized carbons (Fsp3) is 0.833. The van der Waals surface area contributed by atoms with Crippen molar-refractivity contribution >= 4 is 5.78 Å². The molecule has 1 rings (SSSR count). The van der Waals surface area contributed by atoms with Crippen molar-refractivity contribution in [1.29, 1.82) is 0 Å². The average Bonchev–Trinajstić information content (AvgIpc) is 1.80. The van der Waals surface area contributed by atoms with E-state index in [0.29, 0.717) is 6.42 Å². The normalized spacial score (nSPS) is 36.9. The van der Waals surface area contributed by atoms with Crippen LogP contribution in [0.25, 0.3) is 0 Å². The number of ketones is 1. The molecule has 2 atom stereocenters. The van der Waals surface area contributed by atoms with Crippen LogP contribution in [0.15, 0.2) is 0 Å². The van der Waals surface area contributed by atoms with Crippen molar-refractivity contribution in [2.45, 2.75) is 25.6 Å². The van der Waals surface area contributed by atoms with Crippen LogP contribution in [0, 0.1) is 0 Å². The number of carbonyl (C=O) groups excluding carboxylic acids is 1. The summed E-state index contributed by atoms with van der Waals surface area (Å²) < 4.78 is 4.99. The van der Waals surface area contributed by atoms with Gasteiger partial charge in [0, 0.05) is 6.42 Å². The van der Waals surface area contributed by atoms with Crippen LogP contribution in [-0.2, 0) is 9.53 Å². The Labute approximate surface area is 53.6 Å². The monoisotopic (exact) mass is 130 g/mol. The zero-order valence-corrected chi connectivity index (χ0v) is 5.33. The van der Waals surface area contributed by atoms with Crippen molar-refractivity contribution in [3.63, 3.8) is 0 Å². The number of hydrogen-bond donors (Lipinski definition) is 1. The van der Waals surface area contributed by atoms with E-state index in [2.05, 4.69) is 0 Å². The van der Waals surface area contributed by atoms with Crippen molar-refractivity contribution in [1.82, 2.24) is 0 Å². The molecule has 0 bridgehead atoms. The third kappa shape index (κ3) is 1.50. The van der Waals surface area contributed by atoms with E-state index in [-0.39, 0.29) is 18.5 Å². The molecule has 1 heterocycles. The molecule has 3 nitrogen and oxygen atoms in total. The molecule has 1 aliphatic rings. The van der Waals surface area contributed by atoms with Crippen LogP contribution in [0.3, 0.4) is 0 Å². The Morgan fingerprint density at radius 3 is 2.89 bits per heavy atom. The molecule has 1 aliphatic heterocycles. The largest absolute Gasteiger partial charge is 0.383 e. The number of carbonyl (C=O) groups is 1. The van der Waals surface area contributed by atoms with Gasteiger partial charge in [-0.1, -0.05) is 0 Å². The van der Waals surface area contributed by atoms with Crippen LogP contribution in [0.4, 0.5) is 0 Å². The Balaban J connectivity index is 2.44. The van der Waals surface area contributed by atoms with E-state index in [4.69, 9.17) is 9.84 Å². The Hall–Kier alpha value is -0.410. The first-order chi connectivity index (χ1) is 4.20. The molecule has 1 N–H and O–H groups in total. The van der Waals surface area contributed by atoms with Crippen LogP contribution in [-0.4, -0.2) is 29.7 Å². The molecule has 1 saturated heterocycles. The zero-order valence-electron chi connectivity index (χ0n) is 5.33. The Morgan fingerprint density at radius 1 is 1.78 bits per heavy atom. The molecule has 1 fully saturated rings. The van der Waals surface area contributed by atoms with E-state index in [1.54, 1.807) is 0 Å². The van der Waals surface area contributed by atoms with Crippen molar-refractivity contribution in [2.75, 3.05) is 6.61 Å². The first kappa shape index (κ1) is 6.71. The van der Waals surface area contributed by atoms with Crippen molar-refractivity contribution in [3.8, 4) is 0 Å². The highest BCUT2D eigenvalue weighted by atomic mass is 16.5. The van der Waals surface area contributed by atoms with Crippen LogP contribution < -0.4 is 0 Å². The van der Waals surface area contributed by atoms with Gasteiger partial charge in [-0.2, -0.15) is 0 Å². The van der Waals surface area contributed by atoms with Crippen molar-refractivity contribution in [3.05, 3.63) is 0 Å². The van der Waals surface area contributed by atoms with Crippen LogP contribution in [0.1, 0.15) is 13.3 Å². The lowest BCUT2D eigenvalue weighted by atomic mass is 10.1. The summed E-state index contributed by atoms with van der Waals surface area (Å²) in [5.41, 5.74) is 0. The Morgan fingerprint density at radius 2 is 2.44 bits per heavy atom. The molecule has 3 heteroatoms. The van der Waals surface area contributed by atoms with Crippen molar-refractivity contribution < 1.29 is 14.6 Å². The van der Waals surface area contributed by atoms with Crippen LogP contribution >= 0.6 is 0 Å². The molecule has 0 aromatic rings. The predicted octanol–water partition coefficient (Wildman–Crippen LogP) is -0.275. The SMILES string of the molecule is CC1CC(=O)C(O)CO1. The first-order valence-electron chi connectivity index (χ1n) is 3.02. The topological polar surface area (TPSA) is 46.5 Å². The summed E-state index contributed by atoms with van der Waals surface area (Å²) in [5.74, 6) is -0.103. The molecule has 0 radical (unpaired) electrons. The van der Waals surface area contributed by atoms with E-state index in [1.165, 1.54) is 0 Å². The molecular formula is C6H10O3. The lowest BCUT2D eigenvalue weighted by molar-refractivity contribution is -0.142. The smallest absolute Gasteiger partial charge is 0.166 e. The summed E-state index contributed by atoms with van der Waals surface area (Å²) >= 11 is 0. The first-order valence-corrected chi connectivity index (χ1v) is 3.02. The second-order valence-electron chi connectivity index (χ2n) is 2.33. The molecule has 2 unspecified atom stereocenters. The predicted molar refractivity (Wildman–Crippen MR) is 31.0 cm³/mol. The van der Waals surface area contributed by atoms with E-state index in [1.807, 2.05) is 6.92 Å². The molecule has 0 aromatic heterocycles. The zero-order chi connectivity index (χ0) is 6.85. The molecule has 0 saturated carbocycles. The van der Waals surface area contributed by atoms with Gasteiger partial charge in [0.25, 0.3) is 0 Å². The molecule has 0 spiro atoms. The van der Waals surface area contributed by atoms with E-state index in [9.17, 15) is 4.79 Å². The molecule has 0 amide bonds. The molecule has 0 aliphatic carbocycles. The molecule has 52 valence electrons. The fourth-order valence-electron chi connectivity index (χ4n) is 0.827. The van der Waals surface area contributed by atoms with Gasteiger partial charge < -0.3 is 9.84 Å². The van der Waals surface area contributed by atoms with Gasteiger partial charge in [-0.3, -0.25) is 4.79 Å². The maximum absolute atomic E-state index is 10.7. The minimum absolute atomic E-state index is 0.0131. The summed E-state index contributed by atoms with van der Waals surface area (Å²) in [6, 6.07) is 0. The van der Waals surface area contributed by atoms with Gasteiger partial charge in [0.05, 0.1) is 12.7 Å². The number of Topliss-reactive ketones (excluding diaryl/α,β-unsaturated/α-hetero) is 1. The van der Waals surface area contributed by atoms with Crippen LogP contribution in [0.2, 0.25) is 0 Å². The van der Waals surface area contributed by atoms with Gasteiger partial charge in [-0.15, -0.1) is 0 Å². The van der Waals surface area contributed by atoms with Gasteiger partial charge in [-0.25, -0.2) is 0 Å². The van der Waals surface area contributed by atoms with Gasteiger partial charge >= 0.3 is 0 Å². The minimum atomic E-state index is -0.874. The standard InChI is InChI=1S/C6H10O3/c1-4-2-5(7)6(8)3-9-4/h4,6,8H,2-3H2,1H3. The van der Waals surface area contributed by atoms with E-state index in [0.717, 1.165) is 0 Å². The summed E-state index contributed by atoms with van der Waals surface area (Å²) in [4.78, 5) is 10.7. The molecule has 0 aromatic carbocycles. The highest BCUT2D eigenvalue weighted by Gasteiger charge is 2.24. The fourth-order valence-corrected chi connectivity index (χ4v) is 0.827. The highest BCUT2D eigenvalue weighted by Crippen LogP contribution is 2.08. The third-order valence-electron chi connectivity index (χ3n) is 1.40. The van der Waals surface area contributed by atoms with Gasteiger partial charge in [0.2, 0.25) is 0 Å². The summed E-state index contributed by atoms with van der Waals surface area (Å²) in [6.07, 6.45) is -0.539. The third-order valence-corrected chi connectivity index (χ3v) is 1.40.